The quantitative estimate of drug-likeness (QED) is 0.746. The number of nitrogens with zero attached hydrogens (tertiary/aromatic N) is 2. The Hall–Kier alpha value is -0.950. The highest BCUT2D eigenvalue weighted by Gasteiger charge is 2.23. The molecule has 2 rings (SSSR count). The Bertz CT molecular complexity index is 415. The second kappa shape index (κ2) is 4.92. The van der Waals surface area contributed by atoms with Gasteiger partial charge in [0.15, 0.2) is 9.84 Å². The van der Waals surface area contributed by atoms with Gasteiger partial charge in [-0.1, -0.05) is 0 Å². The van der Waals surface area contributed by atoms with Crippen molar-refractivity contribution >= 4 is 9.84 Å². The van der Waals surface area contributed by atoms with Crippen molar-refractivity contribution < 1.29 is 8.42 Å². The van der Waals surface area contributed by atoms with Crippen LogP contribution in [-0.4, -0.2) is 47.7 Å². The van der Waals surface area contributed by atoms with Crippen molar-refractivity contribution in [2.75, 3.05) is 18.1 Å². The molecule has 16 heavy (non-hydrogen) atoms. The molecule has 2 N–H and O–H groups in total. The van der Waals surface area contributed by atoms with Gasteiger partial charge in [0.05, 0.1) is 11.5 Å². The van der Waals surface area contributed by atoms with Gasteiger partial charge in [-0.3, -0.25) is 5.10 Å². The first-order valence-electron chi connectivity index (χ1n) is 5.44. The highest BCUT2D eigenvalue weighted by Crippen LogP contribution is 2.11. The maximum absolute atomic E-state index is 11.4. The van der Waals surface area contributed by atoms with E-state index in [2.05, 4.69) is 20.5 Å². The van der Waals surface area contributed by atoms with Gasteiger partial charge in [0.25, 0.3) is 0 Å². The van der Waals surface area contributed by atoms with Crippen LogP contribution in [0, 0.1) is 0 Å². The summed E-state index contributed by atoms with van der Waals surface area (Å²) in [6.07, 6.45) is 3.93. The fraction of sp³-hybridized carbons (Fsp3) is 0.778. The van der Waals surface area contributed by atoms with E-state index in [1.165, 1.54) is 6.33 Å². The van der Waals surface area contributed by atoms with Crippen LogP contribution in [0.25, 0.3) is 0 Å². The fourth-order valence-corrected chi connectivity index (χ4v) is 3.60. The van der Waals surface area contributed by atoms with Crippen molar-refractivity contribution in [1.82, 2.24) is 20.5 Å². The van der Waals surface area contributed by atoms with Crippen LogP contribution < -0.4 is 5.32 Å². The molecule has 1 aliphatic heterocycles. The third kappa shape index (κ3) is 3.28. The van der Waals surface area contributed by atoms with E-state index in [9.17, 15) is 8.42 Å². The monoisotopic (exact) mass is 244 g/mol. The lowest BCUT2D eigenvalue weighted by atomic mass is 10.2. The molecule has 1 aromatic heterocycles. The zero-order valence-electron chi connectivity index (χ0n) is 9.02. The SMILES string of the molecule is O=S1(=O)CCCC(NCCc2ncn[nH]2)C1. The van der Waals surface area contributed by atoms with Crippen LogP contribution in [-0.2, 0) is 16.3 Å². The molecular formula is C9H16N4O2S. The molecule has 6 nitrogen and oxygen atoms in total. The minimum absolute atomic E-state index is 0.0988. The van der Waals surface area contributed by atoms with Gasteiger partial charge >= 0.3 is 0 Å². The summed E-state index contributed by atoms with van der Waals surface area (Å²) in [6, 6.07) is 0.0988. The van der Waals surface area contributed by atoms with Crippen LogP contribution in [0.3, 0.4) is 0 Å². The van der Waals surface area contributed by atoms with Crippen LogP contribution in [0.4, 0.5) is 0 Å². The van der Waals surface area contributed by atoms with Crippen LogP contribution in [0.15, 0.2) is 6.33 Å². The van der Waals surface area contributed by atoms with E-state index in [0.717, 1.165) is 31.6 Å². The van der Waals surface area contributed by atoms with Gasteiger partial charge in [0, 0.05) is 19.0 Å². The van der Waals surface area contributed by atoms with E-state index in [1.807, 2.05) is 0 Å². The molecule has 1 aliphatic rings. The zero-order valence-corrected chi connectivity index (χ0v) is 9.83. The highest BCUT2D eigenvalue weighted by atomic mass is 32.2. The molecule has 0 spiro atoms. The summed E-state index contributed by atoms with van der Waals surface area (Å²) in [5, 5.41) is 9.77. The maximum atomic E-state index is 11.4. The zero-order chi connectivity index (χ0) is 11.4. The lowest BCUT2D eigenvalue weighted by Gasteiger charge is -2.22. The summed E-state index contributed by atoms with van der Waals surface area (Å²) in [5.74, 6) is 1.43. The Morgan fingerprint density at radius 3 is 3.12 bits per heavy atom. The Labute approximate surface area is 94.8 Å². The van der Waals surface area contributed by atoms with Crippen molar-refractivity contribution in [2.45, 2.75) is 25.3 Å². The van der Waals surface area contributed by atoms with Crippen LogP contribution in [0.5, 0.6) is 0 Å². The summed E-state index contributed by atoms with van der Waals surface area (Å²) in [6.45, 7) is 0.732. The van der Waals surface area contributed by atoms with E-state index < -0.39 is 9.84 Å². The normalized spacial score (nSPS) is 24.4. The van der Waals surface area contributed by atoms with Gasteiger partial charge in [-0.15, -0.1) is 0 Å². The molecule has 1 fully saturated rings. The summed E-state index contributed by atoms with van der Waals surface area (Å²) in [7, 11) is -2.81. The van der Waals surface area contributed by atoms with Crippen LogP contribution in [0.1, 0.15) is 18.7 Å². The van der Waals surface area contributed by atoms with Crippen LogP contribution >= 0.6 is 0 Å². The fourth-order valence-electron chi connectivity index (χ4n) is 1.93. The molecule has 0 bridgehead atoms. The standard InChI is InChI=1S/C9H16N4O2S/c14-16(15)5-1-2-8(6-16)10-4-3-9-11-7-12-13-9/h7-8,10H,1-6H2,(H,11,12,13). The second-order valence-corrected chi connectivity index (χ2v) is 6.32. The molecular weight excluding hydrogens is 228 g/mol. The molecule has 1 unspecified atom stereocenters. The third-order valence-electron chi connectivity index (χ3n) is 2.72. The van der Waals surface area contributed by atoms with E-state index in [4.69, 9.17) is 0 Å². The molecule has 1 aromatic rings. The largest absolute Gasteiger partial charge is 0.313 e. The van der Waals surface area contributed by atoms with E-state index in [0.29, 0.717) is 5.75 Å². The summed E-state index contributed by atoms with van der Waals surface area (Å²) in [4.78, 5) is 4.00. The second-order valence-electron chi connectivity index (χ2n) is 4.09. The molecule has 1 saturated heterocycles. The molecule has 0 amide bonds. The molecule has 7 heteroatoms. The lowest BCUT2D eigenvalue weighted by molar-refractivity contribution is 0.481. The maximum Gasteiger partial charge on any atom is 0.151 e. The third-order valence-corrected chi connectivity index (χ3v) is 4.54. The van der Waals surface area contributed by atoms with Crippen molar-refractivity contribution in [3.63, 3.8) is 0 Å². The highest BCUT2D eigenvalue weighted by molar-refractivity contribution is 7.91. The summed E-state index contributed by atoms with van der Waals surface area (Å²) in [5.41, 5.74) is 0. The van der Waals surface area contributed by atoms with Gasteiger partial charge in [-0.05, 0) is 12.8 Å². The number of sulfone groups is 1. The topological polar surface area (TPSA) is 87.7 Å². The van der Waals surface area contributed by atoms with Crippen molar-refractivity contribution in [2.24, 2.45) is 0 Å². The number of aromatic amines is 1. The minimum Gasteiger partial charge on any atom is -0.313 e. The molecule has 90 valence electrons. The van der Waals surface area contributed by atoms with E-state index >= 15 is 0 Å². The number of H-pyrrole nitrogens is 1. The molecule has 2 heterocycles. The summed E-state index contributed by atoms with van der Waals surface area (Å²) >= 11 is 0. The number of aromatic nitrogens is 3. The number of hydrogen-bond donors (Lipinski definition) is 2. The van der Waals surface area contributed by atoms with Gasteiger partial charge < -0.3 is 5.32 Å². The van der Waals surface area contributed by atoms with Gasteiger partial charge in [0.1, 0.15) is 12.2 Å². The Morgan fingerprint density at radius 2 is 2.44 bits per heavy atom. The minimum atomic E-state index is -2.81. The molecule has 0 aromatic carbocycles. The number of rotatable bonds is 4. The van der Waals surface area contributed by atoms with Crippen LogP contribution in [0.2, 0.25) is 0 Å². The van der Waals surface area contributed by atoms with Crippen molar-refractivity contribution in [3.05, 3.63) is 12.2 Å². The van der Waals surface area contributed by atoms with E-state index in [-0.39, 0.29) is 11.8 Å². The van der Waals surface area contributed by atoms with Gasteiger partial charge in [-0.2, -0.15) is 5.10 Å². The van der Waals surface area contributed by atoms with Crippen molar-refractivity contribution in [1.29, 1.82) is 0 Å². The Kier molecular flexibility index (Phi) is 3.55. The Balaban J connectivity index is 1.74. The predicted octanol–water partition coefficient (Wildman–Crippen LogP) is -0.486. The Morgan fingerprint density at radius 1 is 1.56 bits per heavy atom. The summed E-state index contributed by atoms with van der Waals surface area (Å²) < 4.78 is 22.8. The molecule has 0 saturated carbocycles. The molecule has 0 radical (unpaired) electrons. The number of hydrogen-bond acceptors (Lipinski definition) is 5. The average molecular weight is 244 g/mol. The average Bonchev–Trinajstić information content (AvgIpc) is 2.69. The molecule has 1 atom stereocenters. The van der Waals surface area contributed by atoms with Crippen molar-refractivity contribution in [3.8, 4) is 0 Å². The first-order chi connectivity index (χ1) is 7.66. The first-order valence-corrected chi connectivity index (χ1v) is 7.26. The van der Waals surface area contributed by atoms with Gasteiger partial charge in [0.2, 0.25) is 0 Å². The molecule has 0 aliphatic carbocycles. The predicted molar refractivity (Wildman–Crippen MR) is 59.8 cm³/mol. The number of nitrogens with one attached hydrogen (secondary N) is 2. The lowest BCUT2D eigenvalue weighted by Crippen LogP contribution is -2.41. The van der Waals surface area contributed by atoms with Gasteiger partial charge in [-0.25, -0.2) is 13.4 Å². The first kappa shape index (κ1) is 11.5. The van der Waals surface area contributed by atoms with E-state index in [1.54, 1.807) is 0 Å². The smallest absolute Gasteiger partial charge is 0.151 e.